The summed E-state index contributed by atoms with van der Waals surface area (Å²) >= 11 is 0. The van der Waals surface area contributed by atoms with Crippen LogP contribution >= 0.6 is 0 Å². The molecule has 0 amide bonds. The summed E-state index contributed by atoms with van der Waals surface area (Å²) in [4.78, 5) is 11.9. The first-order valence-corrected chi connectivity index (χ1v) is 10.2. The van der Waals surface area contributed by atoms with Crippen LogP contribution in [0.1, 0.15) is 27.7 Å². The quantitative estimate of drug-likeness (QED) is 0.705. The van der Waals surface area contributed by atoms with Crippen molar-refractivity contribution in [2.45, 2.75) is 17.6 Å². The Bertz CT molecular complexity index is 1130. The molecule has 1 heterocycles. The molecule has 0 saturated heterocycles. The Kier molecular flexibility index (Phi) is 4.62. The highest BCUT2D eigenvalue weighted by Gasteiger charge is 2.40. The molecule has 0 aliphatic carbocycles. The molecule has 0 fully saturated rings. The zero-order valence-corrected chi connectivity index (χ0v) is 15.6. The SMILES string of the molecule is O=C(O)c1ccccc1[C@H]1Nc2ccccc2S(=O)(=O)N1Cc1ccccc1. The van der Waals surface area contributed by atoms with E-state index >= 15 is 0 Å². The van der Waals surface area contributed by atoms with Crippen molar-refractivity contribution >= 4 is 21.7 Å². The Labute approximate surface area is 163 Å². The first kappa shape index (κ1) is 18.2. The van der Waals surface area contributed by atoms with Gasteiger partial charge in [-0.3, -0.25) is 0 Å². The average Bonchev–Trinajstić information content (AvgIpc) is 2.71. The van der Waals surface area contributed by atoms with Crippen LogP contribution in [0.3, 0.4) is 0 Å². The molecule has 4 rings (SSSR count). The number of anilines is 1. The molecule has 3 aromatic rings. The third-order valence-electron chi connectivity index (χ3n) is 4.72. The molecule has 0 saturated carbocycles. The molecule has 0 bridgehead atoms. The summed E-state index contributed by atoms with van der Waals surface area (Å²) in [6.07, 6.45) is -0.840. The Morgan fingerprint density at radius 3 is 2.32 bits per heavy atom. The highest BCUT2D eigenvalue weighted by Crippen LogP contribution is 2.39. The van der Waals surface area contributed by atoms with E-state index in [1.165, 1.54) is 10.4 Å². The van der Waals surface area contributed by atoms with E-state index in [1.807, 2.05) is 30.3 Å². The van der Waals surface area contributed by atoms with E-state index in [-0.39, 0.29) is 17.0 Å². The maximum atomic E-state index is 13.4. The lowest BCUT2D eigenvalue weighted by molar-refractivity contribution is 0.0694. The van der Waals surface area contributed by atoms with Crippen molar-refractivity contribution in [3.63, 3.8) is 0 Å². The number of carbonyl (C=O) groups is 1. The first-order chi connectivity index (χ1) is 13.5. The van der Waals surface area contributed by atoms with E-state index in [4.69, 9.17) is 0 Å². The second kappa shape index (κ2) is 7.10. The number of hydrogen-bond donors (Lipinski definition) is 2. The van der Waals surface area contributed by atoms with E-state index < -0.39 is 22.2 Å². The largest absolute Gasteiger partial charge is 0.478 e. The van der Waals surface area contributed by atoms with Gasteiger partial charge in [-0.25, -0.2) is 13.2 Å². The second-order valence-electron chi connectivity index (χ2n) is 6.47. The smallest absolute Gasteiger partial charge is 0.336 e. The van der Waals surface area contributed by atoms with Gasteiger partial charge in [0.2, 0.25) is 10.0 Å². The molecule has 6 nitrogen and oxygen atoms in total. The van der Waals surface area contributed by atoms with Gasteiger partial charge in [-0.15, -0.1) is 0 Å². The maximum Gasteiger partial charge on any atom is 0.336 e. The molecule has 1 aliphatic rings. The van der Waals surface area contributed by atoms with Crippen LogP contribution < -0.4 is 5.32 Å². The minimum absolute atomic E-state index is 0.0626. The van der Waals surface area contributed by atoms with Crippen LogP contribution in [-0.4, -0.2) is 23.8 Å². The molecule has 0 spiro atoms. The van der Waals surface area contributed by atoms with Crippen molar-refractivity contribution in [2.24, 2.45) is 0 Å². The fourth-order valence-electron chi connectivity index (χ4n) is 3.40. The summed E-state index contributed by atoms with van der Waals surface area (Å²) in [7, 11) is -3.84. The number of fused-ring (bicyclic) bond motifs is 1. The number of benzene rings is 3. The van der Waals surface area contributed by atoms with Crippen molar-refractivity contribution in [3.8, 4) is 0 Å². The summed E-state index contributed by atoms with van der Waals surface area (Å²) in [6, 6.07) is 22.3. The summed E-state index contributed by atoms with van der Waals surface area (Å²) in [5.41, 5.74) is 1.72. The van der Waals surface area contributed by atoms with Gasteiger partial charge in [0.05, 0.1) is 11.3 Å². The van der Waals surface area contributed by atoms with Crippen LogP contribution in [0.15, 0.2) is 83.8 Å². The van der Waals surface area contributed by atoms with Gasteiger partial charge in [0.1, 0.15) is 11.1 Å². The van der Waals surface area contributed by atoms with Gasteiger partial charge in [-0.05, 0) is 23.8 Å². The number of sulfonamides is 1. The van der Waals surface area contributed by atoms with Crippen molar-refractivity contribution in [2.75, 3.05) is 5.32 Å². The van der Waals surface area contributed by atoms with Gasteiger partial charge < -0.3 is 10.4 Å². The lowest BCUT2D eigenvalue weighted by Crippen LogP contribution is -2.42. The van der Waals surface area contributed by atoms with Crippen LogP contribution in [0.2, 0.25) is 0 Å². The number of para-hydroxylation sites is 1. The van der Waals surface area contributed by atoms with Gasteiger partial charge >= 0.3 is 5.97 Å². The second-order valence-corrected chi connectivity index (χ2v) is 8.33. The van der Waals surface area contributed by atoms with E-state index in [1.54, 1.807) is 42.5 Å². The topological polar surface area (TPSA) is 86.7 Å². The molecule has 3 aromatic carbocycles. The number of hydrogen-bond acceptors (Lipinski definition) is 4. The normalized spacial score (nSPS) is 18.1. The van der Waals surface area contributed by atoms with Crippen molar-refractivity contribution in [1.29, 1.82) is 0 Å². The molecule has 28 heavy (non-hydrogen) atoms. The number of aromatic carboxylic acids is 1. The lowest BCUT2D eigenvalue weighted by Gasteiger charge is -2.38. The molecule has 142 valence electrons. The van der Waals surface area contributed by atoms with Gasteiger partial charge in [0.25, 0.3) is 0 Å². The number of carboxylic acid groups (broad SMARTS) is 1. The van der Waals surface area contributed by atoms with E-state index in [9.17, 15) is 18.3 Å². The fourth-order valence-corrected chi connectivity index (χ4v) is 5.07. The Morgan fingerprint density at radius 2 is 1.57 bits per heavy atom. The minimum atomic E-state index is -3.84. The lowest BCUT2D eigenvalue weighted by atomic mass is 10.0. The van der Waals surface area contributed by atoms with Crippen LogP contribution in [0.5, 0.6) is 0 Å². The third kappa shape index (κ3) is 3.15. The van der Waals surface area contributed by atoms with Crippen molar-refractivity contribution in [3.05, 3.63) is 95.6 Å². The van der Waals surface area contributed by atoms with Crippen LogP contribution in [-0.2, 0) is 16.6 Å². The predicted octanol–water partition coefficient (Wildman–Crippen LogP) is 3.70. The highest BCUT2D eigenvalue weighted by atomic mass is 32.2. The number of carboxylic acids is 1. The van der Waals surface area contributed by atoms with E-state index in [2.05, 4.69) is 5.32 Å². The number of nitrogens with one attached hydrogen (secondary N) is 1. The summed E-state index contributed by atoms with van der Waals surface area (Å²) in [5.74, 6) is -1.10. The van der Waals surface area contributed by atoms with Gasteiger partial charge in [-0.1, -0.05) is 60.7 Å². The van der Waals surface area contributed by atoms with E-state index in [0.29, 0.717) is 11.3 Å². The standard InChI is InChI=1S/C21H18N2O4S/c24-21(25)17-11-5-4-10-16(17)20-22-18-12-6-7-13-19(18)28(26,27)23(20)14-15-8-2-1-3-9-15/h1-13,20,22H,14H2,(H,24,25)/t20-/m0/s1. The predicted molar refractivity (Wildman–Crippen MR) is 105 cm³/mol. The highest BCUT2D eigenvalue weighted by molar-refractivity contribution is 7.89. The van der Waals surface area contributed by atoms with Crippen LogP contribution in [0, 0.1) is 0 Å². The molecular formula is C21H18N2O4S. The van der Waals surface area contributed by atoms with E-state index in [0.717, 1.165) is 5.56 Å². The first-order valence-electron chi connectivity index (χ1n) is 8.72. The minimum Gasteiger partial charge on any atom is -0.478 e. The molecule has 0 aromatic heterocycles. The number of nitrogens with zero attached hydrogens (tertiary/aromatic N) is 1. The third-order valence-corrected chi connectivity index (χ3v) is 6.59. The van der Waals surface area contributed by atoms with Crippen LogP contribution in [0.4, 0.5) is 5.69 Å². The Morgan fingerprint density at radius 1 is 0.929 bits per heavy atom. The molecular weight excluding hydrogens is 376 g/mol. The maximum absolute atomic E-state index is 13.4. The van der Waals surface area contributed by atoms with Crippen LogP contribution in [0.25, 0.3) is 0 Å². The van der Waals surface area contributed by atoms with Crippen molar-refractivity contribution in [1.82, 2.24) is 4.31 Å². The molecule has 0 unspecified atom stereocenters. The monoisotopic (exact) mass is 394 g/mol. The molecule has 2 N–H and O–H groups in total. The Hall–Kier alpha value is -3.16. The molecule has 1 atom stereocenters. The van der Waals surface area contributed by atoms with Gasteiger partial charge in [0, 0.05) is 12.1 Å². The van der Waals surface area contributed by atoms with Gasteiger partial charge in [-0.2, -0.15) is 4.31 Å². The Balaban J connectivity index is 1.89. The summed E-state index contributed by atoms with van der Waals surface area (Å²) in [5, 5.41) is 12.8. The fraction of sp³-hybridized carbons (Fsp3) is 0.0952. The zero-order chi connectivity index (χ0) is 19.7. The van der Waals surface area contributed by atoms with Crippen molar-refractivity contribution < 1.29 is 18.3 Å². The molecule has 7 heteroatoms. The molecule has 1 aliphatic heterocycles. The molecule has 0 radical (unpaired) electrons. The summed E-state index contributed by atoms with van der Waals surface area (Å²) in [6.45, 7) is 0.114. The van der Waals surface area contributed by atoms with Gasteiger partial charge in [0.15, 0.2) is 0 Å². The summed E-state index contributed by atoms with van der Waals surface area (Å²) < 4.78 is 28.1. The zero-order valence-electron chi connectivity index (χ0n) is 14.8. The average molecular weight is 394 g/mol. The number of rotatable bonds is 4.